The van der Waals surface area contributed by atoms with Gasteiger partial charge in [0, 0.05) is 20.3 Å². The molecular formula is C13H20N2O3. The van der Waals surface area contributed by atoms with Gasteiger partial charge in [0.15, 0.2) is 0 Å². The molecule has 1 rings (SSSR count). The van der Waals surface area contributed by atoms with Gasteiger partial charge in [-0.1, -0.05) is 24.3 Å². The molecule has 0 aromatic heterocycles. The molecule has 0 bridgehead atoms. The number of rotatable bonds is 7. The van der Waals surface area contributed by atoms with Gasteiger partial charge in [0.2, 0.25) is 5.91 Å². The molecule has 1 aromatic carbocycles. The first-order valence-corrected chi connectivity index (χ1v) is 5.88. The van der Waals surface area contributed by atoms with Crippen molar-refractivity contribution >= 4 is 5.91 Å². The smallest absolute Gasteiger partial charge is 0.237 e. The van der Waals surface area contributed by atoms with E-state index in [-0.39, 0.29) is 12.5 Å². The Balaban J connectivity index is 2.41. The minimum atomic E-state index is -0.550. The summed E-state index contributed by atoms with van der Waals surface area (Å²) >= 11 is 0. The molecule has 5 heteroatoms. The van der Waals surface area contributed by atoms with E-state index in [2.05, 4.69) is 5.32 Å². The van der Waals surface area contributed by atoms with Crippen molar-refractivity contribution in [2.24, 2.45) is 5.73 Å². The van der Waals surface area contributed by atoms with Crippen LogP contribution in [-0.4, -0.2) is 30.8 Å². The maximum absolute atomic E-state index is 11.6. The molecule has 1 unspecified atom stereocenters. The highest BCUT2D eigenvalue weighted by Crippen LogP contribution is 2.05. The Kier molecular flexibility index (Phi) is 6.35. The number of aliphatic hydroxyl groups is 1. The van der Waals surface area contributed by atoms with E-state index in [1.807, 2.05) is 24.3 Å². The van der Waals surface area contributed by atoms with Gasteiger partial charge in [-0.2, -0.15) is 0 Å². The van der Waals surface area contributed by atoms with E-state index in [1.54, 1.807) is 7.11 Å². The molecule has 4 N–H and O–H groups in total. The minimum absolute atomic E-state index is 0.00482. The number of hydrogen-bond acceptors (Lipinski definition) is 4. The molecule has 100 valence electrons. The lowest BCUT2D eigenvalue weighted by Gasteiger charge is -2.12. The summed E-state index contributed by atoms with van der Waals surface area (Å²) in [5.74, 6) is -0.193. The first-order chi connectivity index (χ1) is 8.67. The van der Waals surface area contributed by atoms with Crippen molar-refractivity contribution in [3.05, 3.63) is 35.4 Å². The molecule has 0 spiro atoms. The topological polar surface area (TPSA) is 84.6 Å². The third-order valence-corrected chi connectivity index (χ3v) is 2.61. The van der Waals surface area contributed by atoms with Gasteiger partial charge >= 0.3 is 0 Å². The van der Waals surface area contributed by atoms with Gasteiger partial charge in [0.05, 0.1) is 12.6 Å². The van der Waals surface area contributed by atoms with Crippen LogP contribution in [0.2, 0.25) is 0 Å². The normalized spacial score (nSPS) is 12.2. The quantitative estimate of drug-likeness (QED) is 0.645. The van der Waals surface area contributed by atoms with E-state index in [0.717, 1.165) is 11.1 Å². The number of carbonyl (C=O) groups excluding carboxylic acids is 1. The lowest BCUT2D eigenvalue weighted by Crippen LogP contribution is -2.40. The van der Waals surface area contributed by atoms with Crippen molar-refractivity contribution in [2.75, 3.05) is 13.7 Å². The van der Waals surface area contributed by atoms with E-state index >= 15 is 0 Å². The summed E-state index contributed by atoms with van der Waals surface area (Å²) in [6, 6.07) is 6.86. The first-order valence-electron chi connectivity index (χ1n) is 5.88. The van der Waals surface area contributed by atoms with Crippen molar-refractivity contribution in [3.8, 4) is 0 Å². The Bertz CT molecular complexity index is 382. The van der Waals surface area contributed by atoms with Gasteiger partial charge in [-0.05, 0) is 17.5 Å². The van der Waals surface area contributed by atoms with Gasteiger partial charge in [0.1, 0.15) is 0 Å². The van der Waals surface area contributed by atoms with Crippen LogP contribution >= 0.6 is 0 Å². The van der Waals surface area contributed by atoms with Gasteiger partial charge in [-0.25, -0.2) is 0 Å². The van der Waals surface area contributed by atoms with Crippen LogP contribution < -0.4 is 11.1 Å². The first kappa shape index (κ1) is 14.6. The molecule has 5 nitrogen and oxygen atoms in total. The van der Waals surface area contributed by atoms with E-state index in [4.69, 9.17) is 15.6 Å². The van der Waals surface area contributed by atoms with Crippen LogP contribution in [0.4, 0.5) is 0 Å². The molecule has 0 fully saturated rings. The maximum atomic E-state index is 11.6. The predicted octanol–water partition coefficient (Wildman–Crippen LogP) is 0.159. The van der Waals surface area contributed by atoms with Crippen LogP contribution in [0.5, 0.6) is 0 Å². The summed E-state index contributed by atoms with van der Waals surface area (Å²) in [4.78, 5) is 11.6. The minimum Gasteiger partial charge on any atom is -0.392 e. The fraction of sp³-hybridized carbons (Fsp3) is 0.462. The van der Waals surface area contributed by atoms with Crippen LogP contribution in [0, 0.1) is 0 Å². The highest BCUT2D eigenvalue weighted by Gasteiger charge is 2.12. The molecule has 1 amide bonds. The molecule has 0 heterocycles. The van der Waals surface area contributed by atoms with Gasteiger partial charge in [-0.15, -0.1) is 0 Å². The van der Waals surface area contributed by atoms with Gasteiger partial charge < -0.3 is 20.9 Å². The number of nitrogens with one attached hydrogen (secondary N) is 1. The predicted molar refractivity (Wildman–Crippen MR) is 68.7 cm³/mol. The number of aliphatic hydroxyl groups excluding tert-OH is 1. The lowest BCUT2D eigenvalue weighted by atomic mass is 10.1. The van der Waals surface area contributed by atoms with E-state index in [1.165, 1.54) is 0 Å². The number of benzene rings is 1. The van der Waals surface area contributed by atoms with Gasteiger partial charge in [0.25, 0.3) is 0 Å². The standard InChI is InChI=1S/C13H20N2O3/c1-18-6-5-12(14)13(17)15-8-10-3-2-4-11(7-10)9-16/h2-4,7,12,16H,5-6,8-9,14H2,1H3,(H,15,17). The summed E-state index contributed by atoms with van der Waals surface area (Å²) < 4.78 is 4.87. The summed E-state index contributed by atoms with van der Waals surface area (Å²) in [6.45, 7) is 0.872. The molecule has 0 aliphatic heterocycles. The fourth-order valence-corrected chi connectivity index (χ4v) is 1.53. The third-order valence-electron chi connectivity index (χ3n) is 2.61. The highest BCUT2D eigenvalue weighted by atomic mass is 16.5. The SMILES string of the molecule is COCCC(N)C(=O)NCc1cccc(CO)c1. The second kappa shape index (κ2) is 7.81. The van der Waals surface area contributed by atoms with Crippen LogP contribution in [0.25, 0.3) is 0 Å². The van der Waals surface area contributed by atoms with E-state index < -0.39 is 6.04 Å². The van der Waals surface area contributed by atoms with E-state index in [9.17, 15) is 4.79 Å². The second-order valence-electron chi connectivity index (χ2n) is 4.08. The number of methoxy groups -OCH3 is 1. The molecule has 18 heavy (non-hydrogen) atoms. The fourth-order valence-electron chi connectivity index (χ4n) is 1.53. The van der Waals surface area contributed by atoms with Crippen LogP contribution in [0.3, 0.4) is 0 Å². The molecule has 0 aliphatic carbocycles. The van der Waals surface area contributed by atoms with Crippen LogP contribution in [0.15, 0.2) is 24.3 Å². The van der Waals surface area contributed by atoms with Crippen LogP contribution in [0.1, 0.15) is 17.5 Å². The Morgan fingerprint density at radius 3 is 2.89 bits per heavy atom. The zero-order valence-corrected chi connectivity index (χ0v) is 10.6. The summed E-state index contributed by atoms with van der Waals surface area (Å²) in [5.41, 5.74) is 7.45. The van der Waals surface area contributed by atoms with Crippen molar-refractivity contribution in [2.45, 2.75) is 25.6 Å². The third kappa shape index (κ3) is 4.83. The molecule has 1 aromatic rings. The van der Waals surface area contributed by atoms with Crippen molar-refractivity contribution in [1.29, 1.82) is 0 Å². The summed E-state index contributed by atoms with van der Waals surface area (Å²) in [5, 5.41) is 11.8. The Hall–Kier alpha value is -1.43. The number of amides is 1. The second-order valence-corrected chi connectivity index (χ2v) is 4.08. The molecule has 0 saturated heterocycles. The molecule has 0 aliphatic rings. The number of carbonyl (C=O) groups is 1. The monoisotopic (exact) mass is 252 g/mol. The largest absolute Gasteiger partial charge is 0.392 e. The van der Waals surface area contributed by atoms with E-state index in [0.29, 0.717) is 19.6 Å². The van der Waals surface area contributed by atoms with Crippen LogP contribution in [-0.2, 0) is 22.7 Å². The molecular weight excluding hydrogens is 232 g/mol. The average Bonchev–Trinajstić information content (AvgIpc) is 2.42. The number of hydrogen-bond donors (Lipinski definition) is 3. The number of nitrogens with two attached hydrogens (primary N) is 1. The molecule has 0 saturated carbocycles. The summed E-state index contributed by atoms with van der Waals surface area (Å²) in [6.07, 6.45) is 0.499. The van der Waals surface area contributed by atoms with Crippen molar-refractivity contribution in [3.63, 3.8) is 0 Å². The van der Waals surface area contributed by atoms with Crippen molar-refractivity contribution < 1.29 is 14.6 Å². The Labute approximate surface area is 107 Å². The summed E-state index contributed by atoms with van der Waals surface area (Å²) in [7, 11) is 1.57. The Morgan fingerprint density at radius 2 is 2.22 bits per heavy atom. The number of ether oxygens (including phenoxy) is 1. The zero-order valence-electron chi connectivity index (χ0n) is 10.6. The molecule has 0 radical (unpaired) electrons. The maximum Gasteiger partial charge on any atom is 0.237 e. The van der Waals surface area contributed by atoms with Gasteiger partial charge in [-0.3, -0.25) is 4.79 Å². The average molecular weight is 252 g/mol. The highest BCUT2D eigenvalue weighted by molar-refractivity contribution is 5.81. The Morgan fingerprint density at radius 1 is 1.50 bits per heavy atom. The lowest BCUT2D eigenvalue weighted by molar-refractivity contribution is -0.122. The zero-order chi connectivity index (χ0) is 13.4. The molecule has 1 atom stereocenters. The van der Waals surface area contributed by atoms with Crippen molar-refractivity contribution in [1.82, 2.24) is 5.32 Å².